The van der Waals surface area contributed by atoms with E-state index in [1.54, 1.807) is 0 Å². The first kappa shape index (κ1) is 16.7. The highest BCUT2D eigenvalue weighted by atomic mass is 16.1. The monoisotopic (exact) mass is 275 g/mol. The molecule has 0 heterocycles. The minimum Gasteiger partial charge on any atom is -0.352 e. The van der Waals surface area contributed by atoms with Gasteiger partial charge in [-0.1, -0.05) is 59.7 Å². The zero-order valence-corrected chi connectivity index (χ0v) is 13.8. The van der Waals surface area contributed by atoms with Gasteiger partial charge in [-0.05, 0) is 35.3 Å². The smallest absolute Gasteiger partial charge is 0.251 e. The van der Waals surface area contributed by atoms with E-state index < -0.39 is 0 Å². The van der Waals surface area contributed by atoms with Gasteiger partial charge in [0.05, 0.1) is 0 Å². The number of hydrogen-bond acceptors (Lipinski definition) is 1. The summed E-state index contributed by atoms with van der Waals surface area (Å²) in [5, 5.41) is 3.04. The van der Waals surface area contributed by atoms with Crippen LogP contribution in [0.1, 0.15) is 63.9 Å². The van der Waals surface area contributed by atoms with Crippen molar-refractivity contribution in [2.75, 3.05) is 6.54 Å². The third-order valence-corrected chi connectivity index (χ3v) is 3.14. The summed E-state index contributed by atoms with van der Waals surface area (Å²) in [4.78, 5) is 12.3. The second kappa shape index (κ2) is 6.43. The molecule has 0 aliphatic heterocycles. The summed E-state index contributed by atoms with van der Waals surface area (Å²) >= 11 is 0. The molecule has 1 aromatic carbocycles. The number of nitrogens with one attached hydrogen (secondary N) is 1. The predicted octanol–water partition coefficient (Wildman–Crippen LogP) is 4.44. The Morgan fingerprint density at radius 2 is 1.60 bits per heavy atom. The molecule has 0 bridgehead atoms. The molecule has 1 rings (SSSR count). The van der Waals surface area contributed by atoms with Gasteiger partial charge in [-0.25, -0.2) is 0 Å². The van der Waals surface area contributed by atoms with Gasteiger partial charge in [-0.15, -0.1) is 0 Å². The van der Waals surface area contributed by atoms with Crippen molar-refractivity contribution in [1.29, 1.82) is 0 Å². The van der Waals surface area contributed by atoms with Crippen molar-refractivity contribution in [2.24, 2.45) is 10.8 Å². The average Bonchev–Trinajstić information content (AvgIpc) is 2.25. The van der Waals surface area contributed by atoms with Crippen molar-refractivity contribution in [3.63, 3.8) is 0 Å². The Morgan fingerprint density at radius 1 is 1.00 bits per heavy atom. The number of carbonyl (C=O) groups excluding carboxylic acids is 1. The molecule has 1 amide bonds. The third-order valence-electron chi connectivity index (χ3n) is 3.14. The fourth-order valence-corrected chi connectivity index (χ4v) is 2.11. The van der Waals surface area contributed by atoms with Crippen molar-refractivity contribution in [1.82, 2.24) is 5.32 Å². The highest BCUT2D eigenvalue weighted by molar-refractivity contribution is 5.95. The Hall–Kier alpha value is -1.31. The van der Waals surface area contributed by atoms with Crippen LogP contribution in [0.4, 0.5) is 0 Å². The number of benzene rings is 1. The number of rotatable bonds is 4. The van der Waals surface area contributed by atoms with Crippen LogP contribution in [-0.2, 0) is 6.42 Å². The van der Waals surface area contributed by atoms with Crippen LogP contribution in [0.3, 0.4) is 0 Å². The Morgan fingerprint density at radius 3 is 2.15 bits per heavy atom. The van der Waals surface area contributed by atoms with Gasteiger partial charge in [0.15, 0.2) is 0 Å². The highest BCUT2D eigenvalue weighted by Crippen LogP contribution is 2.23. The van der Waals surface area contributed by atoms with Crippen LogP contribution >= 0.6 is 0 Å². The van der Waals surface area contributed by atoms with E-state index in [2.05, 4.69) is 52.9 Å². The minimum atomic E-state index is 0.0501. The summed E-state index contributed by atoms with van der Waals surface area (Å²) in [6.07, 6.45) is 1.90. The fourth-order valence-electron chi connectivity index (χ4n) is 2.11. The molecule has 0 spiro atoms. The quantitative estimate of drug-likeness (QED) is 0.864. The highest BCUT2D eigenvalue weighted by Gasteiger charge is 2.17. The van der Waals surface area contributed by atoms with Gasteiger partial charge in [-0.2, -0.15) is 0 Å². The van der Waals surface area contributed by atoms with Crippen molar-refractivity contribution in [3.8, 4) is 0 Å². The second-order valence-corrected chi connectivity index (χ2v) is 7.96. The van der Waals surface area contributed by atoms with Crippen LogP contribution in [0.5, 0.6) is 0 Å². The molecular formula is C18H29NO. The van der Waals surface area contributed by atoms with Crippen LogP contribution in [-0.4, -0.2) is 12.5 Å². The van der Waals surface area contributed by atoms with Gasteiger partial charge in [0.1, 0.15) is 0 Å². The van der Waals surface area contributed by atoms with Crippen LogP contribution in [0.15, 0.2) is 24.3 Å². The first-order valence-corrected chi connectivity index (χ1v) is 7.45. The van der Waals surface area contributed by atoms with Crippen LogP contribution < -0.4 is 5.32 Å². The normalized spacial score (nSPS) is 12.3. The number of hydrogen-bond donors (Lipinski definition) is 1. The molecule has 2 heteroatoms. The molecule has 0 unspecified atom stereocenters. The van der Waals surface area contributed by atoms with Gasteiger partial charge in [-0.3, -0.25) is 4.79 Å². The zero-order valence-electron chi connectivity index (χ0n) is 13.8. The molecule has 0 atom stereocenters. The maximum Gasteiger partial charge on any atom is 0.251 e. The molecule has 1 N–H and O–H groups in total. The maximum atomic E-state index is 12.3. The lowest BCUT2D eigenvalue weighted by Gasteiger charge is -2.21. The molecule has 20 heavy (non-hydrogen) atoms. The standard InChI is InChI=1S/C18H29NO/c1-17(2,3)11-12-19-16(20)15-10-8-7-9-14(15)13-18(4,5)6/h7-10H,11-13H2,1-6H3,(H,19,20). The fraction of sp³-hybridized carbons (Fsp3) is 0.611. The van der Waals surface area contributed by atoms with E-state index in [1.165, 1.54) is 0 Å². The van der Waals surface area contributed by atoms with E-state index in [1.807, 2.05) is 18.2 Å². The lowest BCUT2D eigenvalue weighted by Crippen LogP contribution is -2.28. The topological polar surface area (TPSA) is 29.1 Å². The Bertz CT molecular complexity index is 449. The first-order valence-electron chi connectivity index (χ1n) is 7.45. The molecule has 112 valence electrons. The SMILES string of the molecule is CC(C)(C)CCNC(=O)c1ccccc1CC(C)(C)C. The summed E-state index contributed by atoms with van der Waals surface area (Å²) in [6, 6.07) is 7.93. The molecule has 0 aromatic heterocycles. The largest absolute Gasteiger partial charge is 0.352 e. The van der Waals surface area contributed by atoms with Gasteiger partial charge in [0.2, 0.25) is 0 Å². The van der Waals surface area contributed by atoms with Gasteiger partial charge in [0.25, 0.3) is 5.91 Å². The summed E-state index contributed by atoms with van der Waals surface area (Å²) in [5.74, 6) is 0.0501. The third kappa shape index (κ3) is 6.23. The molecule has 0 saturated carbocycles. The zero-order chi connectivity index (χ0) is 15.4. The van der Waals surface area contributed by atoms with Crippen molar-refractivity contribution in [3.05, 3.63) is 35.4 Å². The van der Waals surface area contributed by atoms with Crippen LogP contribution in [0.25, 0.3) is 0 Å². The van der Waals surface area contributed by atoms with E-state index in [0.29, 0.717) is 0 Å². The molecule has 2 nitrogen and oxygen atoms in total. The lowest BCUT2D eigenvalue weighted by molar-refractivity contribution is 0.0948. The van der Waals surface area contributed by atoms with Gasteiger partial charge in [0, 0.05) is 12.1 Å². The lowest BCUT2D eigenvalue weighted by atomic mass is 9.86. The Balaban J connectivity index is 2.73. The molecule has 0 aliphatic rings. The van der Waals surface area contributed by atoms with Gasteiger partial charge < -0.3 is 5.32 Å². The Kier molecular flexibility index (Phi) is 5.38. The van der Waals surface area contributed by atoms with Crippen molar-refractivity contribution in [2.45, 2.75) is 54.4 Å². The van der Waals surface area contributed by atoms with Gasteiger partial charge >= 0.3 is 0 Å². The minimum absolute atomic E-state index is 0.0501. The maximum absolute atomic E-state index is 12.3. The van der Waals surface area contributed by atoms with Crippen LogP contribution in [0.2, 0.25) is 0 Å². The van der Waals surface area contributed by atoms with Crippen molar-refractivity contribution >= 4 is 5.91 Å². The molecule has 0 fully saturated rings. The number of amides is 1. The summed E-state index contributed by atoms with van der Waals surface area (Å²) < 4.78 is 0. The molecule has 0 saturated heterocycles. The van der Waals surface area contributed by atoms with E-state index in [0.717, 1.165) is 30.5 Å². The second-order valence-electron chi connectivity index (χ2n) is 7.96. The van der Waals surface area contributed by atoms with Crippen LogP contribution in [0, 0.1) is 10.8 Å². The summed E-state index contributed by atoms with van der Waals surface area (Å²) in [7, 11) is 0. The Labute approximate surface area is 124 Å². The molecule has 0 aliphatic carbocycles. The molecule has 1 aromatic rings. The van der Waals surface area contributed by atoms with E-state index >= 15 is 0 Å². The molecular weight excluding hydrogens is 246 g/mol. The average molecular weight is 275 g/mol. The van der Waals surface area contributed by atoms with E-state index in [9.17, 15) is 4.79 Å². The van der Waals surface area contributed by atoms with E-state index in [4.69, 9.17) is 0 Å². The van der Waals surface area contributed by atoms with Crippen molar-refractivity contribution < 1.29 is 4.79 Å². The predicted molar refractivity (Wildman–Crippen MR) is 86.0 cm³/mol. The first-order chi connectivity index (χ1) is 9.08. The van der Waals surface area contributed by atoms with E-state index in [-0.39, 0.29) is 16.7 Å². The molecule has 0 radical (unpaired) electrons. The number of carbonyl (C=O) groups is 1. The summed E-state index contributed by atoms with van der Waals surface area (Å²) in [5.41, 5.74) is 2.38. The summed E-state index contributed by atoms with van der Waals surface area (Å²) in [6.45, 7) is 13.9.